The third-order valence-corrected chi connectivity index (χ3v) is 2.39. The van der Waals surface area contributed by atoms with Gasteiger partial charge in [0.25, 0.3) is 0 Å². The molecule has 0 radical (unpaired) electrons. The van der Waals surface area contributed by atoms with Crippen LogP contribution in [-0.4, -0.2) is 31.3 Å². The van der Waals surface area contributed by atoms with E-state index in [1.54, 1.807) is 0 Å². The number of hydrogen-bond donors (Lipinski definition) is 2. The minimum absolute atomic E-state index is 0.00958. The number of alkyl carbamates (subject to hydrolysis) is 1. The second-order valence-electron chi connectivity index (χ2n) is 3.69. The van der Waals surface area contributed by atoms with E-state index in [0.717, 1.165) is 25.7 Å². The van der Waals surface area contributed by atoms with Crippen molar-refractivity contribution >= 4 is 6.09 Å². The largest absolute Gasteiger partial charge is 0.446 e. The van der Waals surface area contributed by atoms with Crippen molar-refractivity contribution < 1.29 is 10.9 Å². The van der Waals surface area contributed by atoms with Crippen LogP contribution in [0.1, 0.15) is 25.7 Å². The van der Waals surface area contributed by atoms with E-state index in [1.807, 2.05) is 0 Å². The Kier molecular flexibility index (Phi) is 2.32. The van der Waals surface area contributed by atoms with Gasteiger partial charge in [-0.1, -0.05) is 0 Å². The highest BCUT2D eigenvalue weighted by molar-refractivity contribution is 5.68. The number of ether oxygens (including phenoxy) is 1. The molecular formula is C9H16N2O2. The zero-order valence-corrected chi connectivity index (χ0v) is 7.66. The number of rotatable bonds is 2. The fourth-order valence-electron chi connectivity index (χ4n) is 1.42. The molecule has 1 aliphatic carbocycles. The summed E-state index contributed by atoms with van der Waals surface area (Å²) in [6, 6.07) is 0.360. The summed E-state index contributed by atoms with van der Waals surface area (Å²) in [6.07, 6.45) is 3.45. The van der Waals surface area contributed by atoms with Crippen molar-refractivity contribution in [3.8, 4) is 0 Å². The lowest BCUT2D eigenvalue weighted by molar-refractivity contribution is 0.0791. The molecule has 1 heterocycles. The van der Waals surface area contributed by atoms with Crippen molar-refractivity contribution in [1.29, 1.82) is 0 Å². The van der Waals surface area contributed by atoms with Gasteiger partial charge in [0, 0.05) is 6.04 Å². The van der Waals surface area contributed by atoms with E-state index in [1.165, 1.54) is 5.31 Å². The molecule has 1 aliphatic heterocycles. The normalized spacial score (nSPS) is 26.6. The van der Waals surface area contributed by atoms with Crippen LogP contribution in [-0.2, 0) is 4.74 Å². The lowest BCUT2D eigenvalue weighted by atomic mass is 10.1. The van der Waals surface area contributed by atoms with Gasteiger partial charge in [-0.3, -0.25) is 0 Å². The van der Waals surface area contributed by atoms with Crippen LogP contribution in [0, 0.1) is 0 Å². The molecule has 0 aromatic rings. The van der Waals surface area contributed by atoms with Crippen LogP contribution in [0.4, 0.5) is 4.79 Å². The quantitative estimate of drug-likeness (QED) is 0.663. The third-order valence-electron chi connectivity index (χ3n) is 2.39. The maximum Gasteiger partial charge on any atom is 0.407 e. The number of piperidine rings is 1. The van der Waals surface area contributed by atoms with Crippen molar-refractivity contribution in [2.24, 2.45) is 0 Å². The van der Waals surface area contributed by atoms with Crippen molar-refractivity contribution in [2.45, 2.75) is 37.8 Å². The van der Waals surface area contributed by atoms with E-state index in [4.69, 9.17) is 6.15 Å². The summed E-state index contributed by atoms with van der Waals surface area (Å²) in [5, 5.41) is 4.30. The predicted molar refractivity (Wildman–Crippen MR) is 48.5 cm³/mol. The minimum atomic E-state index is -0.282. The lowest BCUT2D eigenvalue weighted by Gasteiger charge is -2.22. The average molecular weight is 185 g/mol. The Morgan fingerprint density at radius 1 is 1.38 bits per heavy atom. The van der Waals surface area contributed by atoms with Gasteiger partial charge in [0.05, 0.1) is 0 Å². The van der Waals surface area contributed by atoms with Crippen LogP contribution in [0.25, 0.3) is 0 Å². The number of amides is 1. The van der Waals surface area contributed by atoms with Gasteiger partial charge in [-0.2, -0.15) is 0 Å². The summed E-state index contributed by atoms with van der Waals surface area (Å²) in [7, 11) is 0. The van der Waals surface area contributed by atoms with Crippen LogP contribution in [0.15, 0.2) is 0 Å². The summed E-state index contributed by atoms with van der Waals surface area (Å²) >= 11 is 0. The summed E-state index contributed by atoms with van der Waals surface area (Å²) < 4.78 is 12.6. The molecule has 4 heteroatoms. The molecule has 2 fully saturated rings. The van der Waals surface area contributed by atoms with Crippen molar-refractivity contribution in [3.05, 3.63) is 0 Å². The fourth-order valence-corrected chi connectivity index (χ4v) is 1.42. The highest BCUT2D eigenvalue weighted by Crippen LogP contribution is 2.19. The Hall–Kier alpha value is -0.770. The number of carbonyl (C=O) groups is 1. The number of nitrogens with one attached hydrogen (secondary N) is 2. The highest BCUT2D eigenvalue weighted by Gasteiger charge is 2.25. The zero-order chi connectivity index (χ0) is 9.97. The second-order valence-corrected chi connectivity index (χ2v) is 3.69. The summed E-state index contributed by atoms with van der Waals surface area (Å²) in [4.78, 5) is 11.2. The van der Waals surface area contributed by atoms with Crippen LogP contribution < -0.4 is 10.6 Å². The van der Waals surface area contributed by atoms with Crippen molar-refractivity contribution in [2.75, 3.05) is 13.1 Å². The molecule has 0 spiro atoms. The lowest BCUT2D eigenvalue weighted by Crippen LogP contribution is -2.37. The first kappa shape index (κ1) is 7.62. The Morgan fingerprint density at radius 2 is 2.08 bits per heavy atom. The monoisotopic (exact) mass is 185 g/mol. The fraction of sp³-hybridized carbons (Fsp3) is 0.889. The van der Waals surface area contributed by atoms with Gasteiger partial charge < -0.3 is 15.4 Å². The van der Waals surface area contributed by atoms with Gasteiger partial charge in [-0.25, -0.2) is 4.79 Å². The summed E-state index contributed by atoms with van der Waals surface area (Å²) in [5.41, 5.74) is 0. The molecule has 4 nitrogen and oxygen atoms in total. The molecular weight excluding hydrogens is 168 g/mol. The van der Waals surface area contributed by atoms with E-state index in [9.17, 15) is 4.79 Å². The molecule has 2 rings (SSSR count). The minimum Gasteiger partial charge on any atom is -0.446 e. The van der Waals surface area contributed by atoms with Gasteiger partial charge in [-0.05, 0) is 38.8 Å². The van der Waals surface area contributed by atoms with Crippen molar-refractivity contribution in [3.63, 3.8) is 0 Å². The number of carbonyl (C=O) groups excluding carboxylic acids is 1. The first-order valence-electron chi connectivity index (χ1n) is 5.40. The second kappa shape index (κ2) is 3.96. The molecule has 0 atom stereocenters. The van der Waals surface area contributed by atoms with Gasteiger partial charge in [0.1, 0.15) is 7.52 Å². The van der Waals surface area contributed by atoms with E-state index in [2.05, 4.69) is 5.32 Å². The number of hydrogen-bond acceptors (Lipinski definition) is 3. The van der Waals surface area contributed by atoms with Crippen LogP contribution >= 0.6 is 0 Å². The van der Waals surface area contributed by atoms with Gasteiger partial charge in [0.15, 0.2) is 0 Å². The molecule has 0 bridgehead atoms. The standard InChI is InChI=1S/C9H16N2O2/c12-9(11-7-1-2-7)13-8-3-5-10-6-4-8/h7-8,10H,1-6H2,(H,11,12)/i/hD. The summed E-state index contributed by atoms with van der Waals surface area (Å²) in [5.74, 6) is 0. The molecule has 2 N–H and O–H groups in total. The van der Waals surface area contributed by atoms with Crippen molar-refractivity contribution in [1.82, 2.24) is 10.6 Å². The van der Waals surface area contributed by atoms with E-state index in [0.29, 0.717) is 19.1 Å². The maximum atomic E-state index is 11.2. The Morgan fingerprint density at radius 3 is 2.69 bits per heavy atom. The van der Waals surface area contributed by atoms with Crippen LogP contribution in [0.2, 0.25) is 1.41 Å². The van der Waals surface area contributed by atoms with E-state index < -0.39 is 0 Å². The summed E-state index contributed by atoms with van der Waals surface area (Å²) in [6.45, 7) is 1.39. The Labute approximate surface area is 79.5 Å². The van der Waals surface area contributed by atoms with Crippen LogP contribution in [0.5, 0.6) is 0 Å². The molecule has 74 valence electrons. The molecule has 0 aromatic carbocycles. The molecule has 0 aromatic heterocycles. The van der Waals surface area contributed by atoms with E-state index >= 15 is 0 Å². The molecule has 1 saturated heterocycles. The average Bonchev–Trinajstić information content (AvgIpc) is 2.93. The molecule has 2 aliphatic rings. The third kappa shape index (κ3) is 2.88. The molecule has 13 heavy (non-hydrogen) atoms. The van der Waals surface area contributed by atoms with Gasteiger partial charge in [0.2, 0.25) is 0 Å². The predicted octanol–water partition coefficient (Wildman–Crippen LogP) is 0.627. The van der Waals surface area contributed by atoms with Gasteiger partial charge >= 0.3 is 6.09 Å². The molecule has 1 saturated carbocycles. The van der Waals surface area contributed by atoms with E-state index in [-0.39, 0.29) is 12.2 Å². The first-order valence-corrected chi connectivity index (χ1v) is 4.95. The van der Waals surface area contributed by atoms with Gasteiger partial charge in [-0.15, -0.1) is 0 Å². The first-order chi connectivity index (χ1) is 6.74. The Bertz CT molecular complexity index is 213. The van der Waals surface area contributed by atoms with Crippen LogP contribution in [0.3, 0.4) is 0 Å². The Balaban J connectivity index is 1.66. The zero-order valence-electron chi connectivity index (χ0n) is 8.66. The maximum absolute atomic E-state index is 11.2. The SMILES string of the molecule is [2H]N1CCC(OC(=O)NC2CC2)CC1. The smallest absolute Gasteiger partial charge is 0.407 e. The molecule has 1 amide bonds. The topological polar surface area (TPSA) is 50.4 Å². The molecule has 0 unspecified atom stereocenters. The highest BCUT2D eigenvalue weighted by atomic mass is 16.6.